The van der Waals surface area contributed by atoms with E-state index in [2.05, 4.69) is 10.6 Å². The zero-order valence-corrected chi connectivity index (χ0v) is 22.1. The smallest absolute Gasteiger partial charge is 0.337 e. The Labute approximate surface area is 224 Å². The zero-order valence-electron chi connectivity index (χ0n) is 21.3. The van der Waals surface area contributed by atoms with Crippen molar-refractivity contribution in [1.82, 2.24) is 0 Å². The summed E-state index contributed by atoms with van der Waals surface area (Å²) in [6.07, 6.45) is 4.40. The lowest BCUT2D eigenvalue weighted by Crippen LogP contribution is -2.58. The minimum Gasteiger partial charge on any atom is -0.478 e. The third-order valence-electron chi connectivity index (χ3n) is 6.85. The van der Waals surface area contributed by atoms with E-state index in [0.717, 1.165) is 32.1 Å². The van der Waals surface area contributed by atoms with Gasteiger partial charge in [0.05, 0.1) is 22.6 Å². The van der Waals surface area contributed by atoms with Gasteiger partial charge in [0.2, 0.25) is 5.91 Å². The fraction of sp³-hybridized carbons (Fsp3) is 0.357. The largest absolute Gasteiger partial charge is 0.478 e. The highest BCUT2D eigenvalue weighted by atomic mass is 32.1. The van der Waals surface area contributed by atoms with Crippen molar-refractivity contribution in [2.75, 3.05) is 15.5 Å². The number of carbonyl (C=O) groups is 2. The van der Waals surface area contributed by atoms with Crippen molar-refractivity contribution >= 4 is 40.4 Å². The molecule has 202 valence electrons. The van der Waals surface area contributed by atoms with Crippen molar-refractivity contribution in [2.45, 2.75) is 57.9 Å². The summed E-state index contributed by atoms with van der Waals surface area (Å²) in [5.41, 5.74) is 1.25. The van der Waals surface area contributed by atoms with E-state index in [0.29, 0.717) is 16.1 Å². The highest BCUT2D eigenvalue weighted by Crippen LogP contribution is 2.41. The molecule has 1 saturated carbocycles. The predicted octanol–water partition coefficient (Wildman–Crippen LogP) is 6.33. The first-order chi connectivity index (χ1) is 18.1. The number of thiophene rings is 1. The SMILES string of the molecule is CC(C)C(O)(O)N(c1ccc(-c2sccc2C(=O)O)cc1NC(=O)Nc1ccccc1F)C1CCCCC1. The van der Waals surface area contributed by atoms with Crippen LogP contribution >= 0.6 is 11.3 Å². The molecule has 0 atom stereocenters. The molecule has 2 amide bonds. The Bertz CT molecular complexity index is 1300. The normalized spacial score (nSPS) is 14.4. The number of benzene rings is 2. The van der Waals surface area contributed by atoms with Crippen LogP contribution in [-0.2, 0) is 0 Å². The van der Waals surface area contributed by atoms with E-state index in [4.69, 9.17) is 0 Å². The number of hydrogen-bond donors (Lipinski definition) is 5. The lowest BCUT2D eigenvalue weighted by atomic mass is 9.91. The lowest BCUT2D eigenvalue weighted by molar-refractivity contribution is -0.196. The average Bonchev–Trinajstić information content (AvgIpc) is 3.37. The molecule has 4 rings (SSSR count). The molecule has 0 unspecified atom stereocenters. The van der Waals surface area contributed by atoms with Gasteiger partial charge in [-0.25, -0.2) is 14.0 Å². The minimum atomic E-state index is -2.23. The van der Waals surface area contributed by atoms with Crippen LogP contribution in [0.25, 0.3) is 10.4 Å². The van der Waals surface area contributed by atoms with Crippen molar-refractivity contribution in [2.24, 2.45) is 5.92 Å². The maximum atomic E-state index is 14.2. The van der Waals surface area contributed by atoms with Crippen LogP contribution in [0.4, 0.5) is 26.2 Å². The summed E-state index contributed by atoms with van der Waals surface area (Å²) in [5.74, 6) is -4.47. The number of anilines is 3. The Kier molecular flexibility index (Phi) is 8.35. The van der Waals surface area contributed by atoms with Gasteiger partial charge in [-0.3, -0.25) is 0 Å². The second-order valence-electron chi connectivity index (χ2n) is 9.76. The molecule has 2 aromatic carbocycles. The van der Waals surface area contributed by atoms with Gasteiger partial charge in [0.25, 0.3) is 0 Å². The van der Waals surface area contributed by atoms with Crippen molar-refractivity contribution < 1.29 is 29.3 Å². The topological polar surface area (TPSA) is 122 Å². The maximum Gasteiger partial charge on any atom is 0.337 e. The first kappa shape index (κ1) is 27.6. The number of rotatable bonds is 8. The molecule has 1 aliphatic rings. The van der Waals surface area contributed by atoms with Crippen LogP contribution < -0.4 is 15.5 Å². The number of carboxylic acids is 1. The molecule has 0 aliphatic heterocycles. The van der Waals surface area contributed by atoms with Gasteiger partial charge in [-0.05, 0) is 54.1 Å². The van der Waals surface area contributed by atoms with E-state index in [1.807, 2.05) is 0 Å². The van der Waals surface area contributed by atoms with Crippen molar-refractivity contribution in [1.29, 1.82) is 0 Å². The van der Waals surface area contributed by atoms with Gasteiger partial charge in [-0.1, -0.05) is 51.3 Å². The van der Waals surface area contributed by atoms with Gasteiger partial charge in [0.15, 0.2) is 0 Å². The van der Waals surface area contributed by atoms with Crippen LogP contribution in [0.2, 0.25) is 0 Å². The first-order valence-electron chi connectivity index (χ1n) is 12.6. The summed E-state index contributed by atoms with van der Waals surface area (Å²) in [4.78, 5) is 26.8. The number of urea groups is 1. The molecule has 5 N–H and O–H groups in total. The Morgan fingerprint density at radius 3 is 2.37 bits per heavy atom. The van der Waals surface area contributed by atoms with Gasteiger partial charge in [0.1, 0.15) is 5.82 Å². The fourth-order valence-electron chi connectivity index (χ4n) is 4.79. The maximum absolute atomic E-state index is 14.2. The minimum absolute atomic E-state index is 0.0147. The summed E-state index contributed by atoms with van der Waals surface area (Å²) in [7, 11) is 0. The molecule has 1 fully saturated rings. The van der Waals surface area contributed by atoms with Crippen LogP contribution in [0.5, 0.6) is 0 Å². The lowest BCUT2D eigenvalue weighted by Gasteiger charge is -2.46. The summed E-state index contributed by atoms with van der Waals surface area (Å²) in [5, 5.41) is 39.1. The van der Waals surface area contributed by atoms with Crippen LogP contribution in [0.1, 0.15) is 56.3 Å². The zero-order chi connectivity index (χ0) is 27.4. The summed E-state index contributed by atoms with van der Waals surface area (Å²) >= 11 is 1.24. The Hall–Kier alpha value is -3.47. The third kappa shape index (κ3) is 5.82. The number of nitrogens with zero attached hydrogens (tertiary/aromatic N) is 1. The molecule has 1 heterocycles. The van der Waals surface area contributed by atoms with E-state index >= 15 is 0 Å². The fourth-order valence-corrected chi connectivity index (χ4v) is 5.67. The number of para-hydroxylation sites is 1. The van der Waals surface area contributed by atoms with E-state index < -0.39 is 29.6 Å². The number of aromatic carboxylic acids is 1. The summed E-state index contributed by atoms with van der Waals surface area (Å²) in [6.45, 7) is 3.40. The van der Waals surface area contributed by atoms with Crippen molar-refractivity contribution in [3.8, 4) is 10.4 Å². The number of amides is 2. The molecule has 1 aromatic heterocycles. The monoisotopic (exact) mass is 541 g/mol. The van der Waals surface area contributed by atoms with Crippen molar-refractivity contribution in [3.63, 3.8) is 0 Å². The molecule has 0 bridgehead atoms. The molecule has 0 saturated heterocycles. The molecular weight excluding hydrogens is 509 g/mol. The molecule has 8 nitrogen and oxygen atoms in total. The molecule has 0 spiro atoms. The number of nitrogens with one attached hydrogen (secondary N) is 2. The van der Waals surface area contributed by atoms with Crippen LogP contribution in [0.3, 0.4) is 0 Å². The number of carbonyl (C=O) groups excluding carboxylic acids is 1. The third-order valence-corrected chi connectivity index (χ3v) is 7.82. The summed E-state index contributed by atoms with van der Waals surface area (Å²) < 4.78 is 14.2. The summed E-state index contributed by atoms with van der Waals surface area (Å²) in [6, 6.07) is 11.3. The number of carboxylic acid groups (broad SMARTS) is 1. The van der Waals surface area contributed by atoms with Gasteiger partial charge in [-0.15, -0.1) is 11.3 Å². The highest BCUT2D eigenvalue weighted by Gasteiger charge is 2.41. The molecule has 1 aliphatic carbocycles. The molecule has 10 heteroatoms. The number of halogens is 1. The van der Waals surface area contributed by atoms with Gasteiger partial charge < -0.3 is 30.9 Å². The van der Waals surface area contributed by atoms with Gasteiger partial charge >= 0.3 is 12.0 Å². The number of hydrogen-bond acceptors (Lipinski definition) is 6. The number of aliphatic hydroxyl groups is 2. The molecule has 0 radical (unpaired) electrons. The van der Waals surface area contributed by atoms with E-state index in [1.165, 1.54) is 35.6 Å². The van der Waals surface area contributed by atoms with E-state index in [-0.39, 0.29) is 23.0 Å². The average molecular weight is 542 g/mol. The molecule has 38 heavy (non-hydrogen) atoms. The van der Waals surface area contributed by atoms with E-state index in [9.17, 15) is 29.3 Å². The Balaban J connectivity index is 1.81. The Morgan fingerprint density at radius 1 is 1.03 bits per heavy atom. The van der Waals surface area contributed by atoms with E-state index in [1.54, 1.807) is 48.4 Å². The predicted molar refractivity (Wildman–Crippen MR) is 147 cm³/mol. The quantitative estimate of drug-likeness (QED) is 0.213. The van der Waals surface area contributed by atoms with Gasteiger partial charge in [0, 0.05) is 16.8 Å². The van der Waals surface area contributed by atoms with Gasteiger partial charge in [-0.2, -0.15) is 0 Å². The van der Waals surface area contributed by atoms with Crippen molar-refractivity contribution in [3.05, 3.63) is 65.3 Å². The highest BCUT2D eigenvalue weighted by molar-refractivity contribution is 7.14. The molecular formula is C28H32FN3O5S. The standard InChI is InChI=1S/C28H32FN3O5S/c1-17(2)28(36,37)32(19-8-4-3-5-9-19)24-13-12-18(25-20(26(33)34)14-15-38-25)16-23(24)31-27(35)30-22-11-7-6-10-21(22)29/h6-7,10-17,19,36-37H,3-5,8-9H2,1-2H3,(H,33,34)(H2,30,31,35). The second-order valence-corrected chi connectivity index (χ2v) is 10.7. The molecule has 3 aromatic rings. The van der Waals surface area contributed by atoms with Crippen LogP contribution in [0, 0.1) is 11.7 Å². The Morgan fingerprint density at radius 2 is 1.71 bits per heavy atom. The van der Waals surface area contributed by atoms with Crippen LogP contribution in [-0.4, -0.2) is 39.3 Å². The van der Waals surface area contributed by atoms with Crippen LogP contribution in [0.15, 0.2) is 53.9 Å². The second kappa shape index (κ2) is 11.5. The first-order valence-corrected chi connectivity index (χ1v) is 13.5.